The molecule has 0 amide bonds. The van der Waals surface area contributed by atoms with Gasteiger partial charge < -0.3 is 10.6 Å². The van der Waals surface area contributed by atoms with Gasteiger partial charge in [-0.1, -0.05) is 40.0 Å². The van der Waals surface area contributed by atoms with E-state index in [1.807, 2.05) is 0 Å². The Morgan fingerprint density at radius 2 is 1.59 bits per heavy atom. The standard InChI is InChI=1S/C8H17N.C7H15N/c1-2-9-8-6-4-3-5-7-8;1-6-3-7(2)5-8-4-6/h8-9H,2-7H2,1H3;6-8H,3-5H2,1-2H3. The Balaban J connectivity index is 0.000000171. The highest BCUT2D eigenvalue weighted by Gasteiger charge is 2.13. The average molecular weight is 240 g/mol. The molecule has 0 radical (unpaired) electrons. The summed E-state index contributed by atoms with van der Waals surface area (Å²) in [5.74, 6) is 1.80. The largest absolute Gasteiger partial charge is 0.316 e. The predicted octanol–water partition coefficient (Wildman–Crippen LogP) is 3.18. The van der Waals surface area contributed by atoms with E-state index < -0.39 is 0 Å². The number of hydrogen-bond acceptors (Lipinski definition) is 2. The van der Waals surface area contributed by atoms with Crippen LogP contribution in [0.2, 0.25) is 0 Å². The average Bonchev–Trinajstić information content (AvgIpc) is 2.31. The Hall–Kier alpha value is -0.0800. The minimum absolute atomic E-state index is 0.851. The highest BCUT2D eigenvalue weighted by atomic mass is 14.9. The summed E-state index contributed by atoms with van der Waals surface area (Å²) in [6.45, 7) is 10.4. The molecule has 2 aliphatic rings. The third kappa shape index (κ3) is 7.05. The van der Waals surface area contributed by atoms with Crippen LogP contribution in [0.1, 0.15) is 59.3 Å². The summed E-state index contributed by atoms with van der Waals surface area (Å²) in [6.07, 6.45) is 8.58. The second-order valence-electron chi connectivity index (χ2n) is 6.00. The Kier molecular flexibility index (Phi) is 7.87. The number of nitrogens with one attached hydrogen (secondary N) is 2. The fourth-order valence-electron chi connectivity index (χ4n) is 3.03. The van der Waals surface area contributed by atoms with E-state index in [2.05, 4.69) is 31.4 Å². The molecule has 1 heterocycles. The molecule has 2 N–H and O–H groups in total. The van der Waals surface area contributed by atoms with E-state index in [-0.39, 0.29) is 0 Å². The van der Waals surface area contributed by atoms with E-state index in [1.165, 1.54) is 51.6 Å². The van der Waals surface area contributed by atoms with Crippen LogP contribution in [0.4, 0.5) is 0 Å². The van der Waals surface area contributed by atoms with Gasteiger partial charge in [-0.15, -0.1) is 0 Å². The molecule has 2 heteroatoms. The quantitative estimate of drug-likeness (QED) is 0.774. The lowest BCUT2D eigenvalue weighted by molar-refractivity contribution is 0.321. The Morgan fingerprint density at radius 3 is 2.00 bits per heavy atom. The summed E-state index contributed by atoms with van der Waals surface area (Å²) >= 11 is 0. The molecule has 2 fully saturated rings. The third-order valence-corrected chi connectivity index (χ3v) is 3.89. The molecule has 1 aliphatic heterocycles. The maximum Gasteiger partial charge on any atom is 0.00669 e. The molecule has 0 aromatic carbocycles. The highest BCUT2D eigenvalue weighted by molar-refractivity contribution is 4.70. The van der Waals surface area contributed by atoms with Crippen LogP contribution in [0.25, 0.3) is 0 Å². The number of piperidine rings is 1. The fourth-order valence-corrected chi connectivity index (χ4v) is 3.03. The minimum Gasteiger partial charge on any atom is -0.316 e. The van der Waals surface area contributed by atoms with E-state index >= 15 is 0 Å². The number of hydrogen-bond donors (Lipinski definition) is 2. The van der Waals surface area contributed by atoms with Gasteiger partial charge in [0.15, 0.2) is 0 Å². The third-order valence-electron chi connectivity index (χ3n) is 3.89. The van der Waals surface area contributed by atoms with Gasteiger partial charge in [0.2, 0.25) is 0 Å². The molecule has 2 nitrogen and oxygen atoms in total. The molecule has 2 unspecified atom stereocenters. The van der Waals surface area contributed by atoms with Crippen molar-refractivity contribution in [3.8, 4) is 0 Å². The maximum atomic E-state index is 3.48. The maximum absolute atomic E-state index is 3.48. The van der Waals surface area contributed by atoms with Crippen molar-refractivity contribution >= 4 is 0 Å². The molecule has 17 heavy (non-hydrogen) atoms. The molecule has 1 saturated heterocycles. The molecule has 2 rings (SSSR count). The van der Waals surface area contributed by atoms with Crippen molar-refractivity contribution < 1.29 is 0 Å². The first-order valence-electron chi connectivity index (χ1n) is 7.66. The van der Waals surface area contributed by atoms with Gasteiger partial charge in [-0.3, -0.25) is 0 Å². The van der Waals surface area contributed by atoms with Gasteiger partial charge in [0.25, 0.3) is 0 Å². The summed E-state index contributed by atoms with van der Waals surface area (Å²) in [5.41, 5.74) is 0. The van der Waals surface area contributed by atoms with Crippen molar-refractivity contribution in [2.45, 2.75) is 65.3 Å². The van der Waals surface area contributed by atoms with Gasteiger partial charge in [0.1, 0.15) is 0 Å². The van der Waals surface area contributed by atoms with Crippen molar-refractivity contribution in [1.82, 2.24) is 10.6 Å². The molecule has 0 aromatic heterocycles. The van der Waals surface area contributed by atoms with Crippen LogP contribution in [0.5, 0.6) is 0 Å². The van der Waals surface area contributed by atoms with Gasteiger partial charge in [0, 0.05) is 6.04 Å². The van der Waals surface area contributed by atoms with Gasteiger partial charge in [-0.2, -0.15) is 0 Å². The summed E-state index contributed by atoms with van der Waals surface area (Å²) in [6, 6.07) is 0.851. The van der Waals surface area contributed by atoms with Crippen molar-refractivity contribution in [2.75, 3.05) is 19.6 Å². The zero-order chi connectivity index (χ0) is 12.5. The van der Waals surface area contributed by atoms with Crippen LogP contribution in [0, 0.1) is 11.8 Å². The van der Waals surface area contributed by atoms with Gasteiger partial charge in [-0.05, 0) is 50.7 Å². The Bertz CT molecular complexity index is 165. The SMILES string of the molecule is CC1CNCC(C)C1.CCNC1CCCCC1. The molecule has 0 bridgehead atoms. The topological polar surface area (TPSA) is 24.1 Å². The molecule has 1 aliphatic carbocycles. The first-order chi connectivity index (χ1) is 8.22. The molecule has 0 spiro atoms. The molecule has 0 aromatic rings. The van der Waals surface area contributed by atoms with Gasteiger partial charge >= 0.3 is 0 Å². The normalized spacial score (nSPS) is 30.5. The summed E-state index contributed by atoms with van der Waals surface area (Å²) in [5, 5.41) is 6.87. The summed E-state index contributed by atoms with van der Waals surface area (Å²) in [4.78, 5) is 0. The van der Waals surface area contributed by atoms with E-state index in [0.717, 1.165) is 24.4 Å². The van der Waals surface area contributed by atoms with Crippen LogP contribution < -0.4 is 10.6 Å². The van der Waals surface area contributed by atoms with Crippen LogP contribution in [-0.2, 0) is 0 Å². The second-order valence-corrected chi connectivity index (χ2v) is 6.00. The molecule has 2 atom stereocenters. The molecular weight excluding hydrogens is 208 g/mol. The van der Waals surface area contributed by atoms with Crippen LogP contribution in [-0.4, -0.2) is 25.7 Å². The molecule has 102 valence electrons. The smallest absolute Gasteiger partial charge is 0.00669 e. The summed E-state index contributed by atoms with van der Waals surface area (Å²) < 4.78 is 0. The lowest BCUT2D eigenvalue weighted by Gasteiger charge is -2.24. The Morgan fingerprint density at radius 1 is 1.00 bits per heavy atom. The zero-order valence-electron chi connectivity index (χ0n) is 12.1. The van der Waals surface area contributed by atoms with E-state index in [4.69, 9.17) is 0 Å². The van der Waals surface area contributed by atoms with Crippen molar-refractivity contribution in [3.63, 3.8) is 0 Å². The van der Waals surface area contributed by atoms with Crippen molar-refractivity contribution in [2.24, 2.45) is 11.8 Å². The van der Waals surface area contributed by atoms with Crippen LogP contribution in [0.15, 0.2) is 0 Å². The molecular formula is C15H32N2. The van der Waals surface area contributed by atoms with Crippen molar-refractivity contribution in [3.05, 3.63) is 0 Å². The highest BCUT2D eigenvalue weighted by Crippen LogP contribution is 2.16. The first kappa shape index (κ1) is 15.0. The van der Waals surface area contributed by atoms with Crippen molar-refractivity contribution in [1.29, 1.82) is 0 Å². The monoisotopic (exact) mass is 240 g/mol. The van der Waals surface area contributed by atoms with Gasteiger partial charge in [0.05, 0.1) is 0 Å². The van der Waals surface area contributed by atoms with E-state index in [1.54, 1.807) is 0 Å². The Labute approximate surface area is 108 Å². The lowest BCUT2D eigenvalue weighted by atomic mass is 9.94. The fraction of sp³-hybridized carbons (Fsp3) is 1.00. The predicted molar refractivity (Wildman–Crippen MR) is 76.4 cm³/mol. The number of rotatable bonds is 2. The first-order valence-corrected chi connectivity index (χ1v) is 7.66. The lowest BCUT2D eigenvalue weighted by Crippen LogP contribution is -2.33. The summed E-state index contributed by atoms with van der Waals surface area (Å²) in [7, 11) is 0. The van der Waals surface area contributed by atoms with E-state index in [9.17, 15) is 0 Å². The van der Waals surface area contributed by atoms with Crippen LogP contribution >= 0.6 is 0 Å². The zero-order valence-corrected chi connectivity index (χ0v) is 12.1. The van der Waals surface area contributed by atoms with Crippen LogP contribution in [0.3, 0.4) is 0 Å². The minimum atomic E-state index is 0.851. The molecule has 1 saturated carbocycles. The van der Waals surface area contributed by atoms with E-state index in [0.29, 0.717) is 0 Å². The van der Waals surface area contributed by atoms with Gasteiger partial charge in [-0.25, -0.2) is 0 Å². The second kappa shape index (κ2) is 8.93.